The number of rotatable bonds is 3. The lowest BCUT2D eigenvalue weighted by Crippen LogP contribution is -2.12. The first-order chi connectivity index (χ1) is 12.2. The first-order valence-corrected chi connectivity index (χ1v) is 7.57. The average Bonchev–Trinajstić information content (AvgIpc) is 3.16. The Kier molecular flexibility index (Phi) is 3.59. The summed E-state index contributed by atoms with van der Waals surface area (Å²) in [4.78, 5) is 12.5. The van der Waals surface area contributed by atoms with Crippen molar-refractivity contribution in [1.82, 2.24) is 20.2 Å². The molecular formula is C18H13N5O2. The molecule has 7 heteroatoms. The number of nitrogens with one attached hydrogen (secondary N) is 1. The van der Waals surface area contributed by atoms with Gasteiger partial charge in [-0.05, 0) is 57.6 Å². The van der Waals surface area contributed by atoms with Gasteiger partial charge in [-0.3, -0.25) is 4.79 Å². The molecule has 3 aromatic carbocycles. The van der Waals surface area contributed by atoms with E-state index in [-0.39, 0.29) is 17.2 Å². The van der Waals surface area contributed by atoms with E-state index in [1.54, 1.807) is 36.4 Å². The quantitative estimate of drug-likeness (QED) is 0.602. The van der Waals surface area contributed by atoms with E-state index in [9.17, 15) is 9.90 Å². The molecule has 0 spiro atoms. The maximum atomic E-state index is 12.5. The van der Waals surface area contributed by atoms with Crippen molar-refractivity contribution in [2.24, 2.45) is 0 Å². The Morgan fingerprint density at radius 1 is 1.00 bits per heavy atom. The number of carbonyl (C=O) groups excluding carboxylic acids is 1. The van der Waals surface area contributed by atoms with E-state index in [1.165, 1.54) is 11.0 Å². The molecule has 0 bridgehead atoms. The highest BCUT2D eigenvalue weighted by Gasteiger charge is 2.13. The number of anilines is 1. The topological polar surface area (TPSA) is 92.9 Å². The fourth-order valence-electron chi connectivity index (χ4n) is 2.59. The molecular weight excluding hydrogens is 318 g/mol. The van der Waals surface area contributed by atoms with Gasteiger partial charge in [0.25, 0.3) is 5.91 Å². The number of fused-ring (bicyclic) bond motifs is 1. The molecule has 0 unspecified atom stereocenters. The van der Waals surface area contributed by atoms with E-state index >= 15 is 0 Å². The first-order valence-electron chi connectivity index (χ1n) is 7.57. The van der Waals surface area contributed by atoms with Crippen LogP contribution in [-0.2, 0) is 0 Å². The Hall–Kier alpha value is -3.74. The van der Waals surface area contributed by atoms with Crippen LogP contribution in [0.5, 0.6) is 5.75 Å². The molecule has 0 aliphatic carbocycles. The van der Waals surface area contributed by atoms with E-state index < -0.39 is 0 Å². The predicted octanol–water partition coefficient (Wildman–Crippen LogP) is 2.77. The Morgan fingerprint density at radius 2 is 1.72 bits per heavy atom. The SMILES string of the molecule is O=C(Nc1ccc(-n2cnnn2)cc1)c1cc2ccccc2cc1O. The van der Waals surface area contributed by atoms with Crippen LogP contribution < -0.4 is 5.32 Å². The van der Waals surface area contributed by atoms with Crippen LogP contribution in [0.15, 0.2) is 67.0 Å². The Labute approximate surface area is 142 Å². The molecule has 2 N–H and O–H groups in total. The summed E-state index contributed by atoms with van der Waals surface area (Å²) < 4.78 is 1.51. The molecule has 4 rings (SSSR count). The van der Waals surface area contributed by atoms with Gasteiger partial charge in [-0.25, -0.2) is 4.68 Å². The van der Waals surface area contributed by atoms with Crippen molar-refractivity contribution < 1.29 is 9.90 Å². The minimum atomic E-state index is -0.376. The van der Waals surface area contributed by atoms with Crippen molar-refractivity contribution in [1.29, 1.82) is 0 Å². The Morgan fingerprint density at radius 3 is 2.40 bits per heavy atom. The van der Waals surface area contributed by atoms with Crippen LogP contribution in [0, 0.1) is 0 Å². The summed E-state index contributed by atoms with van der Waals surface area (Å²) in [5, 5.41) is 25.6. The zero-order valence-corrected chi connectivity index (χ0v) is 13.0. The van der Waals surface area contributed by atoms with Crippen LogP contribution >= 0.6 is 0 Å². The van der Waals surface area contributed by atoms with Crippen LogP contribution in [0.25, 0.3) is 16.5 Å². The van der Waals surface area contributed by atoms with Crippen molar-refractivity contribution in [3.63, 3.8) is 0 Å². The van der Waals surface area contributed by atoms with Gasteiger partial charge in [-0.1, -0.05) is 24.3 Å². The number of phenols is 1. The molecule has 0 saturated heterocycles. The van der Waals surface area contributed by atoms with E-state index in [0.717, 1.165) is 16.5 Å². The summed E-state index contributed by atoms with van der Waals surface area (Å²) in [6, 6.07) is 17.9. The largest absolute Gasteiger partial charge is 0.507 e. The molecule has 0 radical (unpaired) electrons. The second kappa shape index (κ2) is 6.04. The van der Waals surface area contributed by atoms with Crippen LogP contribution in [0.4, 0.5) is 5.69 Å². The fourth-order valence-corrected chi connectivity index (χ4v) is 2.59. The normalized spacial score (nSPS) is 10.7. The molecule has 0 saturated carbocycles. The number of nitrogens with zero attached hydrogens (tertiary/aromatic N) is 4. The molecule has 0 aliphatic rings. The van der Waals surface area contributed by atoms with Crippen LogP contribution in [-0.4, -0.2) is 31.2 Å². The first kappa shape index (κ1) is 14.8. The molecule has 4 aromatic rings. The Bertz CT molecular complexity index is 1040. The van der Waals surface area contributed by atoms with Crippen LogP contribution in [0.1, 0.15) is 10.4 Å². The second-order valence-electron chi connectivity index (χ2n) is 5.47. The third kappa shape index (κ3) is 2.90. The van der Waals surface area contributed by atoms with E-state index in [4.69, 9.17) is 0 Å². The number of aromatic hydroxyl groups is 1. The van der Waals surface area contributed by atoms with Gasteiger partial charge < -0.3 is 10.4 Å². The number of hydrogen-bond donors (Lipinski definition) is 2. The van der Waals surface area contributed by atoms with Crippen molar-refractivity contribution >= 4 is 22.4 Å². The number of aromatic nitrogens is 4. The van der Waals surface area contributed by atoms with E-state index in [1.807, 2.05) is 24.3 Å². The number of amides is 1. The standard InChI is InChI=1S/C18H13N5O2/c24-17-10-13-4-2-1-3-12(13)9-16(17)18(25)20-14-5-7-15(8-6-14)23-11-19-21-22-23/h1-11,24H,(H,20,25). The van der Waals surface area contributed by atoms with Gasteiger partial charge >= 0.3 is 0 Å². The molecule has 25 heavy (non-hydrogen) atoms. The predicted molar refractivity (Wildman–Crippen MR) is 92.7 cm³/mol. The molecule has 0 fully saturated rings. The summed E-state index contributed by atoms with van der Waals surface area (Å²) >= 11 is 0. The van der Waals surface area contributed by atoms with Crippen molar-refractivity contribution in [3.05, 3.63) is 72.6 Å². The molecule has 122 valence electrons. The van der Waals surface area contributed by atoms with Crippen LogP contribution in [0.3, 0.4) is 0 Å². The third-order valence-corrected chi connectivity index (χ3v) is 3.85. The number of hydrogen-bond acceptors (Lipinski definition) is 5. The number of carbonyl (C=O) groups is 1. The van der Waals surface area contributed by atoms with Gasteiger partial charge in [-0.2, -0.15) is 0 Å². The zero-order valence-electron chi connectivity index (χ0n) is 13.0. The summed E-state index contributed by atoms with van der Waals surface area (Å²) in [5.41, 5.74) is 1.61. The molecule has 1 aromatic heterocycles. The average molecular weight is 331 g/mol. The van der Waals surface area contributed by atoms with Crippen molar-refractivity contribution in [2.75, 3.05) is 5.32 Å². The van der Waals surface area contributed by atoms with Gasteiger partial charge in [0.15, 0.2) is 0 Å². The number of benzene rings is 3. The highest BCUT2D eigenvalue weighted by molar-refractivity contribution is 6.08. The van der Waals surface area contributed by atoms with Crippen molar-refractivity contribution in [2.45, 2.75) is 0 Å². The van der Waals surface area contributed by atoms with E-state index in [2.05, 4.69) is 20.8 Å². The molecule has 7 nitrogen and oxygen atoms in total. The highest BCUT2D eigenvalue weighted by Crippen LogP contribution is 2.26. The van der Waals surface area contributed by atoms with Gasteiger partial charge in [0, 0.05) is 5.69 Å². The zero-order chi connectivity index (χ0) is 17.2. The fraction of sp³-hybridized carbons (Fsp3) is 0. The maximum Gasteiger partial charge on any atom is 0.259 e. The number of phenolic OH excluding ortho intramolecular Hbond substituents is 1. The van der Waals surface area contributed by atoms with Crippen LogP contribution in [0.2, 0.25) is 0 Å². The maximum absolute atomic E-state index is 12.5. The summed E-state index contributed by atoms with van der Waals surface area (Å²) in [7, 11) is 0. The second-order valence-corrected chi connectivity index (χ2v) is 5.47. The van der Waals surface area contributed by atoms with Gasteiger partial charge in [0.2, 0.25) is 0 Å². The monoisotopic (exact) mass is 331 g/mol. The van der Waals surface area contributed by atoms with E-state index in [0.29, 0.717) is 5.69 Å². The number of tetrazole rings is 1. The summed E-state index contributed by atoms with van der Waals surface area (Å²) in [6.45, 7) is 0. The lowest BCUT2D eigenvalue weighted by molar-refractivity contribution is 0.102. The molecule has 0 atom stereocenters. The van der Waals surface area contributed by atoms with Gasteiger partial charge in [0.05, 0.1) is 11.3 Å². The minimum Gasteiger partial charge on any atom is -0.507 e. The van der Waals surface area contributed by atoms with Gasteiger partial charge in [0.1, 0.15) is 12.1 Å². The molecule has 1 heterocycles. The summed E-state index contributed by atoms with van der Waals surface area (Å²) in [5.74, 6) is -0.431. The Balaban J connectivity index is 1.58. The van der Waals surface area contributed by atoms with Gasteiger partial charge in [-0.15, -0.1) is 5.10 Å². The smallest absolute Gasteiger partial charge is 0.259 e. The molecule has 0 aliphatic heterocycles. The lowest BCUT2D eigenvalue weighted by atomic mass is 10.1. The highest BCUT2D eigenvalue weighted by atomic mass is 16.3. The minimum absolute atomic E-state index is 0.0542. The third-order valence-electron chi connectivity index (χ3n) is 3.85. The van der Waals surface area contributed by atoms with Crippen molar-refractivity contribution in [3.8, 4) is 11.4 Å². The summed E-state index contributed by atoms with van der Waals surface area (Å²) in [6.07, 6.45) is 1.49. The molecule has 1 amide bonds. The lowest BCUT2D eigenvalue weighted by Gasteiger charge is -2.09.